The highest BCUT2D eigenvalue weighted by Gasteiger charge is 2.23. The van der Waals surface area contributed by atoms with Crippen LogP contribution in [-0.2, 0) is 23.2 Å². The number of nitrogens with zero attached hydrogens (tertiary/aromatic N) is 1. The van der Waals surface area contributed by atoms with E-state index in [1.54, 1.807) is 6.92 Å². The third kappa shape index (κ3) is 3.03. The summed E-state index contributed by atoms with van der Waals surface area (Å²) in [5.41, 5.74) is 0.852. The standard InChI is InChI=1S/C11H15N3O3S2/c1-7-3-4-9(18-7)5-12-19(16,17)11-10(6-15)8(2)13-14-11/h3-4,12,15H,5-6H2,1-2H3,(H,13,14). The van der Waals surface area contributed by atoms with Gasteiger partial charge in [-0.05, 0) is 26.0 Å². The molecule has 3 N–H and O–H groups in total. The highest BCUT2D eigenvalue weighted by atomic mass is 32.2. The largest absolute Gasteiger partial charge is 0.392 e. The van der Waals surface area contributed by atoms with Crippen molar-refractivity contribution in [3.8, 4) is 0 Å². The summed E-state index contributed by atoms with van der Waals surface area (Å²) >= 11 is 1.53. The van der Waals surface area contributed by atoms with E-state index < -0.39 is 10.0 Å². The molecule has 2 heterocycles. The highest BCUT2D eigenvalue weighted by molar-refractivity contribution is 7.89. The number of aliphatic hydroxyl groups excluding tert-OH is 1. The summed E-state index contributed by atoms with van der Waals surface area (Å²) in [7, 11) is -3.72. The molecule has 0 saturated carbocycles. The number of hydrogen-bond donors (Lipinski definition) is 3. The summed E-state index contributed by atoms with van der Waals surface area (Å²) in [5, 5.41) is 15.4. The molecule has 0 bridgehead atoms. The van der Waals surface area contributed by atoms with E-state index in [4.69, 9.17) is 0 Å². The number of rotatable bonds is 5. The molecule has 0 spiro atoms. The Bertz CT molecular complexity index is 673. The lowest BCUT2D eigenvalue weighted by molar-refractivity contribution is 0.277. The molecule has 0 saturated heterocycles. The first kappa shape index (κ1) is 14.2. The Morgan fingerprint density at radius 1 is 1.42 bits per heavy atom. The fourth-order valence-electron chi connectivity index (χ4n) is 1.65. The van der Waals surface area contributed by atoms with Gasteiger partial charge in [0.25, 0.3) is 10.0 Å². The first-order chi connectivity index (χ1) is 8.94. The van der Waals surface area contributed by atoms with Gasteiger partial charge in [-0.15, -0.1) is 11.3 Å². The van der Waals surface area contributed by atoms with Crippen LogP contribution in [0.4, 0.5) is 0 Å². The van der Waals surface area contributed by atoms with Crippen LogP contribution in [0.5, 0.6) is 0 Å². The van der Waals surface area contributed by atoms with Crippen molar-refractivity contribution in [3.63, 3.8) is 0 Å². The van der Waals surface area contributed by atoms with E-state index in [2.05, 4.69) is 14.9 Å². The van der Waals surface area contributed by atoms with Crippen LogP contribution in [-0.4, -0.2) is 23.7 Å². The van der Waals surface area contributed by atoms with Gasteiger partial charge in [0.2, 0.25) is 0 Å². The van der Waals surface area contributed by atoms with Crippen LogP contribution in [0.2, 0.25) is 0 Å². The Hall–Kier alpha value is -1.22. The Kier molecular flexibility index (Phi) is 4.04. The Morgan fingerprint density at radius 2 is 2.16 bits per heavy atom. The molecule has 0 unspecified atom stereocenters. The maximum atomic E-state index is 12.1. The van der Waals surface area contributed by atoms with Crippen LogP contribution in [0.15, 0.2) is 17.2 Å². The number of aryl methyl sites for hydroxylation is 2. The molecule has 0 radical (unpaired) electrons. The van der Waals surface area contributed by atoms with Crippen molar-refractivity contribution in [1.29, 1.82) is 0 Å². The number of H-pyrrole nitrogens is 1. The number of thiophene rings is 1. The van der Waals surface area contributed by atoms with Gasteiger partial charge in [-0.25, -0.2) is 13.1 Å². The van der Waals surface area contributed by atoms with E-state index in [0.29, 0.717) is 11.3 Å². The zero-order chi connectivity index (χ0) is 14.0. The van der Waals surface area contributed by atoms with E-state index >= 15 is 0 Å². The quantitative estimate of drug-likeness (QED) is 0.769. The molecule has 104 valence electrons. The predicted octanol–water partition coefficient (Wildman–Crippen LogP) is 1.06. The molecule has 0 aliphatic carbocycles. The second kappa shape index (κ2) is 5.41. The molecular weight excluding hydrogens is 286 g/mol. The van der Waals surface area contributed by atoms with Crippen LogP contribution in [0, 0.1) is 13.8 Å². The molecule has 0 atom stereocenters. The highest BCUT2D eigenvalue weighted by Crippen LogP contribution is 2.18. The van der Waals surface area contributed by atoms with Crippen molar-refractivity contribution in [2.24, 2.45) is 0 Å². The first-order valence-electron chi connectivity index (χ1n) is 5.63. The lowest BCUT2D eigenvalue weighted by Crippen LogP contribution is -2.24. The van der Waals surface area contributed by atoms with Crippen LogP contribution in [0.25, 0.3) is 0 Å². The van der Waals surface area contributed by atoms with Crippen LogP contribution >= 0.6 is 11.3 Å². The van der Waals surface area contributed by atoms with E-state index in [9.17, 15) is 13.5 Å². The van der Waals surface area contributed by atoms with E-state index in [1.807, 2.05) is 19.1 Å². The molecule has 19 heavy (non-hydrogen) atoms. The number of hydrogen-bond acceptors (Lipinski definition) is 5. The molecule has 6 nitrogen and oxygen atoms in total. The predicted molar refractivity (Wildman–Crippen MR) is 72.3 cm³/mol. The third-order valence-electron chi connectivity index (χ3n) is 2.68. The molecule has 2 aromatic rings. The van der Waals surface area contributed by atoms with E-state index in [-0.39, 0.29) is 18.2 Å². The van der Waals surface area contributed by atoms with Crippen LogP contribution in [0.3, 0.4) is 0 Å². The normalized spacial score (nSPS) is 11.9. The maximum Gasteiger partial charge on any atom is 0.260 e. The maximum absolute atomic E-state index is 12.1. The van der Waals surface area contributed by atoms with E-state index in [1.165, 1.54) is 11.3 Å². The Labute approximate surface area is 115 Å². The average molecular weight is 301 g/mol. The molecule has 0 aliphatic rings. The van der Waals surface area contributed by atoms with Crippen molar-refractivity contribution in [1.82, 2.24) is 14.9 Å². The molecular formula is C11H15N3O3S2. The lowest BCUT2D eigenvalue weighted by atomic mass is 10.3. The topological polar surface area (TPSA) is 95.1 Å². The lowest BCUT2D eigenvalue weighted by Gasteiger charge is -2.04. The van der Waals surface area contributed by atoms with Crippen molar-refractivity contribution in [2.75, 3.05) is 0 Å². The molecule has 8 heteroatoms. The van der Waals surface area contributed by atoms with Gasteiger partial charge in [-0.3, -0.25) is 5.10 Å². The number of nitrogens with one attached hydrogen (secondary N) is 2. The van der Waals surface area contributed by atoms with E-state index in [0.717, 1.165) is 9.75 Å². The Balaban J connectivity index is 2.18. The smallest absolute Gasteiger partial charge is 0.260 e. The SMILES string of the molecule is Cc1ccc(CNS(=O)(=O)c2n[nH]c(C)c2CO)s1. The van der Waals surface area contributed by atoms with Gasteiger partial charge in [0.15, 0.2) is 5.03 Å². The monoisotopic (exact) mass is 301 g/mol. The van der Waals surface area contributed by atoms with Crippen molar-refractivity contribution < 1.29 is 13.5 Å². The molecule has 0 fully saturated rings. The number of sulfonamides is 1. The minimum Gasteiger partial charge on any atom is -0.392 e. The summed E-state index contributed by atoms with van der Waals surface area (Å²) in [6.45, 7) is 3.48. The third-order valence-corrected chi connectivity index (χ3v) is 5.05. The molecule has 2 aromatic heterocycles. The van der Waals surface area contributed by atoms with Crippen LogP contribution in [0.1, 0.15) is 21.0 Å². The zero-order valence-electron chi connectivity index (χ0n) is 10.6. The molecule has 2 rings (SSSR count). The summed E-state index contributed by atoms with van der Waals surface area (Å²) in [4.78, 5) is 2.06. The minimum absolute atomic E-state index is 0.138. The molecule has 0 amide bonds. The van der Waals surface area contributed by atoms with Crippen LogP contribution < -0.4 is 4.72 Å². The molecule has 0 aromatic carbocycles. The zero-order valence-corrected chi connectivity index (χ0v) is 12.2. The van der Waals surface area contributed by atoms with Gasteiger partial charge < -0.3 is 5.11 Å². The van der Waals surface area contributed by atoms with Gasteiger partial charge in [-0.1, -0.05) is 0 Å². The fourth-order valence-corrected chi connectivity index (χ4v) is 3.76. The Morgan fingerprint density at radius 3 is 2.74 bits per heavy atom. The van der Waals surface area contributed by atoms with Crippen molar-refractivity contribution in [2.45, 2.75) is 32.0 Å². The van der Waals surface area contributed by atoms with Gasteiger partial charge in [-0.2, -0.15) is 5.10 Å². The van der Waals surface area contributed by atoms with Gasteiger partial charge in [0.05, 0.1) is 6.61 Å². The number of aromatic amines is 1. The summed E-state index contributed by atoms with van der Waals surface area (Å²) in [6.07, 6.45) is 0. The second-order valence-corrected chi connectivity index (χ2v) is 7.18. The van der Waals surface area contributed by atoms with Gasteiger partial charge >= 0.3 is 0 Å². The second-order valence-electron chi connectivity index (χ2n) is 4.13. The first-order valence-corrected chi connectivity index (χ1v) is 7.93. The number of aromatic nitrogens is 2. The summed E-state index contributed by atoms with van der Waals surface area (Å²) < 4.78 is 26.7. The summed E-state index contributed by atoms with van der Waals surface area (Å²) in [6, 6.07) is 3.82. The van der Waals surface area contributed by atoms with Gasteiger partial charge in [0, 0.05) is 27.6 Å². The fraction of sp³-hybridized carbons (Fsp3) is 0.364. The number of aliphatic hydroxyl groups is 1. The average Bonchev–Trinajstić information content (AvgIpc) is 2.93. The van der Waals surface area contributed by atoms with Crippen molar-refractivity contribution in [3.05, 3.63) is 33.1 Å². The molecule has 0 aliphatic heterocycles. The van der Waals surface area contributed by atoms with Gasteiger partial charge in [0.1, 0.15) is 0 Å². The van der Waals surface area contributed by atoms with Crippen molar-refractivity contribution >= 4 is 21.4 Å². The minimum atomic E-state index is -3.72. The summed E-state index contributed by atoms with van der Waals surface area (Å²) in [5.74, 6) is 0.